The first kappa shape index (κ1) is 15.7. The van der Waals surface area contributed by atoms with Gasteiger partial charge in [-0.2, -0.15) is 0 Å². The molecule has 1 aromatic heterocycles. The van der Waals surface area contributed by atoms with E-state index in [4.69, 9.17) is 4.42 Å². The standard InChI is InChI=1S/C18H21FN2O2/c19-16-7-5-14(6-8-16)12-21-9-1-3-15(13-21)18(22)20-11-17-4-2-10-23-17/h2,4-8,10,15H,1,3,9,11-13H2,(H,20,22). The lowest BCUT2D eigenvalue weighted by Gasteiger charge is -2.32. The second-order valence-corrected chi connectivity index (χ2v) is 6.00. The van der Waals surface area contributed by atoms with Crippen LogP contribution in [0, 0.1) is 11.7 Å². The zero-order valence-corrected chi connectivity index (χ0v) is 13.0. The Hall–Kier alpha value is -2.14. The van der Waals surface area contributed by atoms with E-state index in [0.717, 1.165) is 43.8 Å². The summed E-state index contributed by atoms with van der Waals surface area (Å²) in [5.74, 6) is 0.615. The lowest BCUT2D eigenvalue weighted by atomic mass is 9.96. The Morgan fingerprint density at radius 2 is 2.13 bits per heavy atom. The second kappa shape index (κ2) is 7.42. The van der Waals surface area contributed by atoms with E-state index < -0.39 is 0 Å². The number of hydrogen-bond acceptors (Lipinski definition) is 3. The topological polar surface area (TPSA) is 45.5 Å². The quantitative estimate of drug-likeness (QED) is 0.922. The van der Waals surface area contributed by atoms with Crippen molar-refractivity contribution >= 4 is 5.91 Å². The minimum atomic E-state index is -0.220. The van der Waals surface area contributed by atoms with Gasteiger partial charge in [-0.15, -0.1) is 0 Å². The van der Waals surface area contributed by atoms with E-state index >= 15 is 0 Å². The van der Waals surface area contributed by atoms with Gasteiger partial charge in [-0.25, -0.2) is 4.39 Å². The maximum absolute atomic E-state index is 13.0. The molecule has 0 spiro atoms. The van der Waals surface area contributed by atoms with Crippen LogP contribution < -0.4 is 5.32 Å². The number of nitrogens with one attached hydrogen (secondary N) is 1. The molecule has 1 aliphatic heterocycles. The summed E-state index contributed by atoms with van der Waals surface area (Å²) in [5.41, 5.74) is 1.07. The molecule has 3 rings (SSSR count). The molecule has 122 valence electrons. The fraction of sp³-hybridized carbons (Fsp3) is 0.389. The number of carbonyl (C=O) groups is 1. The van der Waals surface area contributed by atoms with Gasteiger partial charge in [-0.1, -0.05) is 12.1 Å². The maximum Gasteiger partial charge on any atom is 0.224 e. The van der Waals surface area contributed by atoms with Crippen LogP contribution in [0.5, 0.6) is 0 Å². The van der Waals surface area contributed by atoms with E-state index in [-0.39, 0.29) is 17.6 Å². The van der Waals surface area contributed by atoms with Crippen molar-refractivity contribution in [2.45, 2.75) is 25.9 Å². The van der Waals surface area contributed by atoms with Gasteiger partial charge < -0.3 is 9.73 Å². The molecule has 0 radical (unpaired) electrons. The molecule has 1 fully saturated rings. The van der Waals surface area contributed by atoms with Crippen LogP contribution in [0.2, 0.25) is 0 Å². The molecule has 1 atom stereocenters. The summed E-state index contributed by atoms with van der Waals surface area (Å²) in [4.78, 5) is 14.6. The first-order valence-corrected chi connectivity index (χ1v) is 7.97. The van der Waals surface area contributed by atoms with Crippen molar-refractivity contribution in [2.24, 2.45) is 5.92 Å². The Morgan fingerprint density at radius 3 is 2.87 bits per heavy atom. The highest BCUT2D eigenvalue weighted by molar-refractivity contribution is 5.78. The molecule has 1 amide bonds. The van der Waals surface area contributed by atoms with Gasteiger partial charge in [0.15, 0.2) is 0 Å². The molecule has 0 bridgehead atoms. The molecule has 1 aliphatic rings. The van der Waals surface area contributed by atoms with E-state index in [0.29, 0.717) is 6.54 Å². The van der Waals surface area contributed by atoms with Crippen molar-refractivity contribution in [2.75, 3.05) is 13.1 Å². The zero-order valence-electron chi connectivity index (χ0n) is 13.0. The Bertz CT molecular complexity index is 625. The van der Waals surface area contributed by atoms with Crippen LogP contribution >= 0.6 is 0 Å². The largest absolute Gasteiger partial charge is 0.467 e. The highest BCUT2D eigenvalue weighted by Gasteiger charge is 2.25. The summed E-state index contributed by atoms with van der Waals surface area (Å²) in [7, 11) is 0. The normalized spacial score (nSPS) is 18.7. The monoisotopic (exact) mass is 316 g/mol. The van der Waals surface area contributed by atoms with Crippen molar-refractivity contribution < 1.29 is 13.6 Å². The van der Waals surface area contributed by atoms with Crippen LogP contribution in [0.1, 0.15) is 24.2 Å². The van der Waals surface area contributed by atoms with Gasteiger partial charge in [-0.3, -0.25) is 9.69 Å². The maximum atomic E-state index is 13.0. The van der Waals surface area contributed by atoms with Crippen molar-refractivity contribution in [3.8, 4) is 0 Å². The van der Waals surface area contributed by atoms with Crippen LogP contribution in [-0.4, -0.2) is 23.9 Å². The van der Waals surface area contributed by atoms with Gasteiger partial charge in [0, 0.05) is 13.1 Å². The number of amides is 1. The average molecular weight is 316 g/mol. The number of likely N-dealkylation sites (tertiary alicyclic amines) is 1. The molecule has 23 heavy (non-hydrogen) atoms. The Morgan fingerprint density at radius 1 is 1.30 bits per heavy atom. The van der Waals surface area contributed by atoms with Crippen molar-refractivity contribution in [3.05, 3.63) is 59.8 Å². The van der Waals surface area contributed by atoms with Gasteiger partial charge in [0.25, 0.3) is 0 Å². The third kappa shape index (κ3) is 4.42. The van der Waals surface area contributed by atoms with Crippen molar-refractivity contribution in [1.82, 2.24) is 10.2 Å². The molecule has 0 saturated carbocycles. The SMILES string of the molecule is O=C(NCc1ccco1)C1CCCN(Cc2ccc(F)cc2)C1. The minimum absolute atomic E-state index is 0.000777. The Labute approximate surface area is 135 Å². The molecule has 1 aromatic carbocycles. The molecule has 2 heterocycles. The average Bonchev–Trinajstić information content (AvgIpc) is 3.08. The number of benzene rings is 1. The van der Waals surface area contributed by atoms with Crippen molar-refractivity contribution in [1.29, 1.82) is 0 Å². The lowest BCUT2D eigenvalue weighted by Crippen LogP contribution is -2.42. The summed E-state index contributed by atoms with van der Waals surface area (Å²) >= 11 is 0. The third-order valence-corrected chi connectivity index (χ3v) is 4.21. The number of carbonyl (C=O) groups excluding carboxylic acids is 1. The highest BCUT2D eigenvalue weighted by atomic mass is 19.1. The number of halogens is 1. The summed E-state index contributed by atoms with van der Waals surface area (Å²) < 4.78 is 18.2. The van der Waals surface area contributed by atoms with E-state index in [2.05, 4.69) is 10.2 Å². The van der Waals surface area contributed by atoms with Gasteiger partial charge in [0.2, 0.25) is 5.91 Å². The predicted molar refractivity (Wildman–Crippen MR) is 85.0 cm³/mol. The number of rotatable bonds is 5. The number of hydrogen-bond donors (Lipinski definition) is 1. The van der Waals surface area contributed by atoms with E-state index in [9.17, 15) is 9.18 Å². The van der Waals surface area contributed by atoms with Gasteiger partial charge in [0.1, 0.15) is 11.6 Å². The first-order valence-electron chi connectivity index (χ1n) is 7.97. The van der Waals surface area contributed by atoms with Crippen LogP contribution in [-0.2, 0) is 17.9 Å². The zero-order chi connectivity index (χ0) is 16.1. The molecule has 1 unspecified atom stereocenters. The molecule has 0 aliphatic carbocycles. The lowest BCUT2D eigenvalue weighted by molar-refractivity contribution is -0.127. The van der Waals surface area contributed by atoms with Gasteiger partial charge in [0.05, 0.1) is 18.7 Å². The van der Waals surface area contributed by atoms with E-state index in [1.54, 1.807) is 18.4 Å². The summed E-state index contributed by atoms with van der Waals surface area (Å²) in [6.45, 7) is 2.89. The predicted octanol–water partition coefficient (Wildman–Crippen LogP) is 2.95. The fourth-order valence-electron chi connectivity index (χ4n) is 2.99. The summed E-state index contributed by atoms with van der Waals surface area (Å²) in [6.07, 6.45) is 3.51. The molecular weight excluding hydrogens is 295 g/mol. The number of nitrogens with zero attached hydrogens (tertiary/aromatic N) is 1. The van der Waals surface area contributed by atoms with E-state index in [1.807, 2.05) is 12.1 Å². The Balaban J connectivity index is 1.51. The molecule has 5 heteroatoms. The molecule has 4 nitrogen and oxygen atoms in total. The highest BCUT2D eigenvalue weighted by Crippen LogP contribution is 2.19. The molecule has 1 N–H and O–H groups in total. The fourth-order valence-corrected chi connectivity index (χ4v) is 2.99. The summed E-state index contributed by atoms with van der Waals surface area (Å²) in [5, 5.41) is 2.94. The number of piperidine rings is 1. The van der Waals surface area contributed by atoms with Crippen LogP contribution in [0.3, 0.4) is 0 Å². The van der Waals surface area contributed by atoms with Crippen molar-refractivity contribution in [3.63, 3.8) is 0 Å². The van der Waals surface area contributed by atoms with Crippen LogP contribution in [0.4, 0.5) is 4.39 Å². The van der Waals surface area contributed by atoms with Crippen LogP contribution in [0.25, 0.3) is 0 Å². The summed E-state index contributed by atoms with van der Waals surface area (Å²) in [6, 6.07) is 10.2. The smallest absolute Gasteiger partial charge is 0.224 e. The molecular formula is C18H21FN2O2. The molecule has 1 saturated heterocycles. The Kier molecular flexibility index (Phi) is 5.08. The molecule has 2 aromatic rings. The second-order valence-electron chi connectivity index (χ2n) is 6.00. The third-order valence-electron chi connectivity index (χ3n) is 4.21. The number of furan rings is 1. The van der Waals surface area contributed by atoms with Gasteiger partial charge in [-0.05, 0) is 49.2 Å². The minimum Gasteiger partial charge on any atom is -0.467 e. The first-order chi connectivity index (χ1) is 11.2. The van der Waals surface area contributed by atoms with Gasteiger partial charge >= 0.3 is 0 Å². The van der Waals surface area contributed by atoms with Crippen LogP contribution in [0.15, 0.2) is 47.1 Å². The van der Waals surface area contributed by atoms with E-state index in [1.165, 1.54) is 12.1 Å².